The Morgan fingerprint density at radius 2 is 2.11 bits per heavy atom. The van der Waals surface area contributed by atoms with Crippen LogP contribution in [0.25, 0.3) is 0 Å². The maximum absolute atomic E-state index is 13.3. The topological polar surface area (TPSA) is 40.5 Å². The van der Waals surface area contributed by atoms with Crippen molar-refractivity contribution in [2.75, 3.05) is 6.54 Å². The van der Waals surface area contributed by atoms with Gasteiger partial charge in [0.15, 0.2) is 0 Å². The number of hydrogen-bond donors (Lipinski definition) is 1. The number of hydrogen-bond acceptors (Lipinski definition) is 3. The van der Waals surface area contributed by atoms with E-state index in [1.54, 1.807) is 11.0 Å². The zero-order valence-corrected chi connectivity index (χ0v) is 16.2. The van der Waals surface area contributed by atoms with E-state index in [0.717, 1.165) is 22.2 Å². The summed E-state index contributed by atoms with van der Waals surface area (Å²) in [5.41, 5.74) is -0.491. The lowest BCUT2D eigenvalue weighted by molar-refractivity contribution is -0.143. The number of benzene rings is 1. The molecule has 2 unspecified atom stereocenters. The van der Waals surface area contributed by atoms with Crippen LogP contribution in [0.3, 0.4) is 0 Å². The van der Waals surface area contributed by atoms with Crippen molar-refractivity contribution >= 4 is 28.9 Å². The lowest BCUT2D eigenvalue weighted by Gasteiger charge is -2.31. The first kappa shape index (κ1) is 20.2. The molecule has 1 fully saturated rings. The monoisotopic (exact) mass is 417 g/mol. The van der Waals surface area contributed by atoms with Crippen molar-refractivity contribution in [2.45, 2.75) is 44.4 Å². The molecule has 2 aromatic rings. The summed E-state index contributed by atoms with van der Waals surface area (Å²) in [6.45, 7) is 2.52. The quantitative estimate of drug-likeness (QED) is 0.686. The van der Waals surface area contributed by atoms with Crippen LogP contribution in [0.5, 0.6) is 0 Å². The van der Waals surface area contributed by atoms with Gasteiger partial charge in [0.25, 0.3) is 0 Å². The van der Waals surface area contributed by atoms with Crippen LogP contribution in [0.2, 0.25) is 5.02 Å². The van der Waals surface area contributed by atoms with Crippen molar-refractivity contribution < 1.29 is 23.1 Å². The Kier molecular flexibility index (Phi) is 5.84. The Morgan fingerprint density at radius 1 is 1.37 bits per heavy atom. The van der Waals surface area contributed by atoms with Gasteiger partial charge >= 0.3 is 12.1 Å². The van der Waals surface area contributed by atoms with Gasteiger partial charge < -0.3 is 5.11 Å². The molecule has 0 aliphatic carbocycles. The molecule has 2 heterocycles. The minimum Gasteiger partial charge on any atom is -0.480 e. The number of rotatable bonds is 5. The molecule has 1 aliphatic heterocycles. The third kappa shape index (κ3) is 4.15. The molecule has 1 aromatic heterocycles. The second kappa shape index (κ2) is 7.81. The highest BCUT2D eigenvalue weighted by Crippen LogP contribution is 2.42. The normalized spacial score (nSPS) is 19.4. The first-order valence-corrected chi connectivity index (χ1v) is 9.85. The van der Waals surface area contributed by atoms with Gasteiger partial charge in [-0.25, -0.2) is 0 Å². The molecule has 0 radical (unpaired) electrons. The third-order valence-electron chi connectivity index (χ3n) is 4.82. The minimum atomic E-state index is -4.57. The van der Waals surface area contributed by atoms with E-state index in [9.17, 15) is 23.1 Å². The predicted octanol–water partition coefficient (Wildman–Crippen LogP) is 5.62. The smallest absolute Gasteiger partial charge is 0.417 e. The molecule has 27 heavy (non-hydrogen) atoms. The Labute approximate surface area is 164 Å². The molecule has 1 saturated heterocycles. The highest BCUT2D eigenvalue weighted by Gasteiger charge is 2.39. The number of alkyl halides is 3. The maximum Gasteiger partial charge on any atom is 0.417 e. The average Bonchev–Trinajstić information content (AvgIpc) is 3.25. The fraction of sp³-hybridized carbons (Fsp3) is 0.421. The summed E-state index contributed by atoms with van der Waals surface area (Å²) < 4.78 is 40.0. The number of nitrogens with zero attached hydrogens (tertiary/aromatic N) is 1. The van der Waals surface area contributed by atoms with Crippen molar-refractivity contribution in [1.29, 1.82) is 0 Å². The van der Waals surface area contributed by atoms with E-state index in [1.807, 2.05) is 19.1 Å². The van der Waals surface area contributed by atoms with Crippen LogP contribution >= 0.6 is 22.9 Å². The second-order valence-electron chi connectivity index (χ2n) is 6.53. The SMILES string of the molecule is CCc1ccc(C(c2ccc(Cl)c(C(F)(F)F)c2)N2CCCC2C(=O)O)s1. The van der Waals surface area contributed by atoms with Crippen LogP contribution in [-0.2, 0) is 17.4 Å². The molecular formula is C19H19ClF3NO2S. The second-order valence-corrected chi connectivity index (χ2v) is 8.14. The molecule has 3 rings (SSSR count). The summed E-state index contributed by atoms with van der Waals surface area (Å²) in [7, 11) is 0. The number of likely N-dealkylation sites (tertiary alicyclic amines) is 1. The van der Waals surface area contributed by atoms with Crippen LogP contribution < -0.4 is 0 Å². The minimum absolute atomic E-state index is 0.360. The summed E-state index contributed by atoms with van der Waals surface area (Å²) in [6, 6.07) is 6.42. The predicted molar refractivity (Wildman–Crippen MR) is 99.4 cm³/mol. The molecule has 0 saturated carbocycles. The van der Waals surface area contributed by atoms with Crippen molar-refractivity contribution in [3.63, 3.8) is 0 Å². The molecule has 1 aliphatic rings. The first-order valence-electron chi connectivity index (χ1n) is 8.66. The summed E-state index contributed by atoms with van der Waals surface area (Å²) in [5, 5.41) is 9.21. The third-order valence-corrected chi connectivity index (χ3v) is 6.43. The van der Waals surface area contributed by atoms with Crippen LogP contribution in [0.4, 0.5) is 13.2 Å². The number of carbonyl (C=O) groups is 1. The van der Waals surface area contributed by atoms with E-state index >= 15 is 0 Å². The molecule has 1 N–H and O–H groups in total. The fourth-order valence-electron chi connectivity index (χ4n) is 3.54. The van der Waals surface area contributed by atoms with Gasteiger partial charge in [-0.1, -0.05) is 24.6 Å². The number of aliphatic carboxylic acids is 1. The van der Waals surface area contributed by atoms with Crippen LogP contribution in [0, 0.1) is 0 Å². The van der Waals surface area contributed by atoms with Gasteiger partial charge in [-0.2, -0.15) is 13.2 Å². The molecule has 0 amide bonds. The highest BCUT2D eigenvalue weighted by atomic mass is 35.5. The molecule has 3 nitrogen and oxygen atoms in total. The van der Waals surface area contributed by atoms with Gasteiger partial charge in [0, 0.05) is 16.3 Å². The maximum atomic E-state index is 13.3. The van der Waals surface area contributed by atoms with Crippen molar-refractivity contribution in [2.24, 2.45) is 0 Å². The lowest BCUT2D eigenvalue weighted by atomic mass is 9.99. The van der Waals surface area contributed by atoms with Gasteiger partial charge in [-0.15, -0.1) is 11.3 Å². The van der Waals surface area contributed by atoms with Gasteiger partial charge in [0.1, 0.15) is 6.04 Å². The Bertz CT molecular complexity index is 837. The first-order chi connectivity index (χ1) is 12.7. The van der Waals surface area contributed by atoms with E-state index in [1.165, 1.54) is 17.4 Å². The van der Waals surface area contributed by atoms with Gasteiger partial charge in [0.05, 0.1) is 16.6 Å². The largest absolute Gasteiger partial charge is 0.480 e. The zero-order valence-electron chi connectivity index (χ0n) is 14.6. The summed E-state index contributed by atoms with van der Waals surface area (Å²) >= 11 is 7.28. The van der Waals surface area contributed by atoms with E-state index in [2.05, 4.69) is 0 Å². The zero-order chi connectivity index (χ0) is 19.8. The highest BCUT2D eigenvalue weighted by molar-refractivity contribution is 7.12. The number of halogens is 4. The summed E-state index contributed by atoms with van der Waals surface area (Å²) in [6.07, 6.45) is -2.58. The van der Waals surface area contributed by atoms with Crippen molar-refractivity contribution in [1.82, 2.24) is 4.90 Å². The standard InChI is InChI=1S/C19H19ClF3NO2S/c1-2-12-6-8-16(27-12)17(24-9-3-4-15(24)18(25)26)11-5-7-14(20)13(10-11)19(21,22)23/h5-8,10,15,17H,2-4,9H2,1H3,(H,25,26). The molecular weight excluding hydrogens is 399 g/mol. The number of carboxylic acid groups (broad SMARTS) is 1. The number of thiophene rings is 1. The summed E-state index contributed by atoms with van der Waals surface area (Å²) in [5.74, 6) is -0.949. The van der Waals surface area contributed by atoms with Gasteiger partial charge in [-0.3, -0.25) is 9.69 Å². The van der Waals surface area contributed by atoms with E-state index in [0.29, 0.717) is 24.9 Å². The number of carboxylic acids is 1. The average molecular weight is 418 g/mol. The molecule has 0 spiro atoms. The summed E-state index contributed by atoms with van der Waals surface area (Å²) in [4.78, 5) is 15.4. The Balaban J connectivity index is 2.11. The van der Waals surface area contributed by atoms with Gasteiger partial charge in [0.2, 0.25) is 0 Å². The van der Waals surface area contributed by atoms with E-state index in [-0.39, 0.29) is 5.02 Å². The van der Waals surface area contributed by atoms with Crippen molar-refractivity contribution in [3.8, 4) is 0 Å². The molecule has 1 aromatic carbocycles. The van der Waals surface area contributed by atoms with E-state index in [4.69, 9.17) is 11.6 Å². The fourth-order valence-corrected chi connectivity index (χ4v) is 4.87. The van der Waals surface area contributed by atoms with Crippen LogP contribution in [0.1, 0.15) is 46.7 Å². The van der Waals surface area contributed by atoms with Crippen molar-refractivity contribution in [3.05, 3.63) is 56.2 Å². The Hall–Kier alpha value is -1.57. The Morgan fingerprint density at radius 3 is 2.70 bits per heavy atom. The lowest BCUT2D eigenvalue weighted by Crippen LogP contribution is -2.39. The van der Waals surface area contributed by atoms with Gasteiger partial charge in [-0.05, 0) is 49.1 Å². The number of aryl methyl sites for hydroxylation is 1. The molecule has 0 bridgehead atoms. The molecule has 146 valence electrons. The molecule has 2 atom stereocenters. The van der Waals surface area contributed by atoms with E-state index < -0.39 is 29.8 Å². The van der Waals surface area contributed by atoms with Crippen LogP contribution in [0.15, 0.2) is 30.3 Å². The van der Waals surface area contributed by atoms with Crippen LogP contribution in [-0.4, -0.2) is 28.6 Å². The molecule has 8 heteroatoms.